The molecular formula is C13H24N2OS. The molecule has 3 N–H and O–H groups in total. The van der Waals surface area contributed by atoms with Gasteiger partial charge in [-0.05, 0) is 31.6 Å². The van der Waals surface area contributed by atoms with E-state index in [0.29, 0.717) is 12.0 Å². The average Bonchev–Trinajstić information content (AvgIpc) is 3.01. The van der Waals surface area contributed by atoms with Gasteiger partial charge in [0.25, 0.3) is 0 Å². The van der Waals surface area contributed by atoms with Gasteiger partial charge in [-0.15, -0.1) is 0 Å². The number of thioether (sulfide) groups is 1. The first-order valence-corrected chi connectivity index (χ1v) is 7.54. The van der Waals surface area contributed by atoms with E-state index in [4.69, 9.17) is 5.73 Å². The first-order chi connectivity index (χ1) is 7.83. The Morgan fingerprint density at radius 1 is 1.29 bits per heavy atom. The van der Waals surface area contributed by atoms with Gasteiger partial charge in [-0.1, -0.05) is 20.8 Å². The molecule has 2 rings (SSSR count). The van der Waals surface area contributed by atoms with Crippen molar-refractivity contribution in [3.63, 3.8) is 0 Å². The summed E-state index contributed by atoms with van der Waals surface area (Å²) in [6.45, 7) is 6.56. The molecule has 0 aliphatic heterocycles. The molecule has 0 aromatic heterocycles. The molecule has 1 amide bonds. The van der Waals surface area contributed by atoms with E-state index in [1.807, 2.05) is 11.8 Å². The van der Waals surface area contributed by atoms with E-state index < -0.39 is 5.54 Å². The first kappa shape index (κ1) is 13.2. The molecule has 0 aromatic rings. The van der Waals surface area contributed by atoms with Crippen LogP contribution < -0.4 is 11.1 Å². The number of primary amides is 1. The van der Waals surface area contributed by atoms with Crippen LogP contribution in [0, 0.1) is 5.92 Å². The summed E-state index contributed by atoms with van der Waals surface area (Å²) in [4.78, 5) is 11.9. The van der Waals surface area contributed by atoms with Crippen molar-refractivity contribution in [2.45, 2.75) is 62.8 Å². The Bertz CT molecular complexity index is 305. The maximum absolute atomic E-state index is 11.9. The molecule has 3 nitrogen and oxygen atoms in total. The van der Waals surface area contributed by atoms with Gasteiger partial charge >= 0.3 is 0 Å². The highest BCUT2D eigenvalue weighted by Crippen LogP contribution is 2.44. The fraction of sp³-hybridized carbons (Fsp3) is 0.923. The molecular weight excluding hydrogens is 232 g/mol. The molecule has 0 radical (unpaired) electrons. The van der Waals surface area contributed by atoms with E-state index in [1.165, 1.54) is 12.8 Å². The lowest BCUT2D eigenvalue weighted by Gasteiger charge is -2.34. The van der Waals surface area contributed by atoms with Crippen LogP contribution in [0.1, 0.15) is 46.5 Å². The van der Waals surface area contributed by atoms with Crippen molar-refractivity contribution in [3.05, 3.63) is 0 Å². The highest BCUT2D eigenvalue weighted by Gasteiger charge is 2.52. The van der Waals surface area contributed by atoms with E-state index in [-0.39, 0.29) is 10.7 Å². The highest BCUT2D eigenvalue weighted by molar-refractivity contribution is 8.00. The van der Waals surface area contributed by atoms with Gasteiger partial charge < -0.3 is 5.73 Å². The molecule has 2 saturated carbocycles. The van der Waals surface area contributed by atoms with Crippen molar-refractivity contribution >= 4 is 17.7 Å². The maximum atomic E-state index is 11.9. The molecule has 0 aromatic carbocycles. The zero-order valence-corrected chi connectivity index (χ0v) is 11.9. The maximum Gasteiger partial charge on any atom is 0.238 e. The zero-order chi connectivity index (χ0) is 12.7. The quantitative estimate of drug-likeness (QED) is 0.763. The predicted octanol–water partition coefficient (Wildman–Crippen LogP) is 1.90. The van der Waals surface area contributed by atoms with Crippen LogP contribution in [-0.2, 0) is 4.79 Å². The smallest absolute Gasteiger partial charge is 0.238 e. The average molecular weight is 256 g/mol. The number of nitrogens with one attached hydrogen (secondary N) is 1. The highest BCUT2D eigenvalue weighted by atomic mass is 32.2. The minimum Gasteiger partial charge on any atom is -0.368 e. The van der Waals surface area contributed by atoms with E-state index in [9.17, 15) is 4.79 Å². The van der Waals surface area contributed by atoms with Gasteiger partial charge in [0.1, 0.15) is 5.54 Å². The number of hydrogen-bond donors (Lipinski definition) is 2. The van der Waals surface area contributed by atoms with Crippen molar-refractivity contribution in [3.8, 4) is 0 Å². The van der Waals surface area contributed by atoms with Crippen LogP contribution in [0.5, 0.6) is 0 Å². The number of hydrogen-bond acceptors (Lipinski definition) is 3. The molecule has 0 spiro atoms. The molecule has 4 heteroatoms. The number of nitrogens with two attached hydrogens (primary N) is 1. The standard InChI is InChI=1S/C13H24N2OS/c1-12(2,3)17-8-13(11(14)16,9-4-5-9)15-10-6-7-10/h9-10,15H,4-8H2,1-3H3,(H2,14,16). The van der Waals surface area contributed by atoms with Crippen molar-refractivity contribution < 1.29 is 4.79 Å². The van der Waals surface area contributed by atoms with Gasteiger partial charge in [-0.25, -0.2) is 0 Å². The Morgan fingerprint density at radius 3 is 2.24 bits per heavy atom. The summed E-state index contributed by atoms with van der Waals surface area (Å²) in [6, 6.07) is 0.531. The SMILES string of the molecule is CC(C)(C)SCC(NC1CC1)(C(N)=O)C1CC1. The van der Waals surface area contributed by atoms with Crippen molar-refractivity contribution in [2.24, 2.45) is 11.7 Å². The number of amides is 1. The van der Waals surface area contributed by atoms with Gasteiger partial charge in [0.15, 0.2) is 0 Å². The summed E-state index contributed by atoms with van der Waals surface area (Å²) in [7, 11) is 0. The lowest BCUT2D eigenvalue weighted by molar-refractivity contribution is -0.124. The molecule has 2 fully saturated rings. The second-order valence-corrected chi connectivity index (χ2v) is 8.23. The molecule has 17 heavy (non-hydrogen) atoms. The van der Waals surface area contributed by atoms with Crippen LogP contribution >= 0.6 is 11.8 Å². The summed E-state index contributed by atoms with van der Waals surface area (Å²) >= 11 is 1.84. The molecule has 0 bridgehead atoms. The van der Waals surface area contributed by atoms with Gasteiger partial charge in [0.05, 0.1) is 0 Å². The molecule has 0 saturated heterocycles. The van der Waals surface area contributed by atoms with Gasteiger partial charge in [0, 0.05) is 16.5 Å². The molecule has 2 aliphatic rings. The molecule has 2 aliphatic carbocycles. The largest absolute Gasteiger partial charge is 0.368 e. The van der Waals surface area contributed by atoms with Gasteiger partial charge in [-0.2, -0.15) is 11.8 Å². The molecule has 98 valence electrons. The van der Waals surface area contributed by atoms with Crippen molar-refractivity contribution in [1.29, 1.82) is 0 Å². The first-order valence-electron chi connectivity index (χ1n) is 6.55. The van der Waals surface area contributed by atoms with Crippen LogP contribution in [-0.4, -0.2) is 28.0 Å². The second-order valence-electron chi connectivity index (χ2n) is 6.43. The fourth-order valence-corrected chi connectivity index (χ4v) is 3.24. The van der Waals surface area contributed by atoms with E-state index in [2.05, 4.69) is 26.1 Å². The van der Waals surface area contributed by atoms with E-state index >= 15 is 0 Å². The van der Waals surface area contributed by atoms with Crippen molar-refractivity contribution in [1.82, 2.24) is 5.32 Å². The minimum absolute atomic E-state index is 0.149. The third kappa shape index (κ3) is 3.38. The van der Waals surface area contributed by atoms with Crippen LogP contribution in [0.3, 0.4) is 0 Å². The summed E-state index contributed by atoms with van der Waals surface area (Å²) in [5.74, 6) is 1.13. The number of rotatable bonds is 6. The molecule has 1 atom stereocenters. The zero-order valence-electron chi connectivity index (χ0n) is 11.1. The normalized spacial score (nSPS) is 24.4. The molecule has 0 heterocycles. The van der Waals surface area contributed by atoms with E-state index in [0.717, 1.165) is 18.6 Å². The summed E-state index contributed by atoms with van der Waals surface area (Å²) in [5, 5.41) is 3.54. The number of carbonyl (C=O) groups excluding carboxylic acids is 1. The van der Waals surface area contributed by atoms with Crippen molar-refractivity contribution in [2.75, 3.05) is 5.75 Å². The monoisotopic (exact) mass is 256 g/mol. The van der Waals surface area contributed by atoms with Crippen LogP contribution in [0.25, 0.3) is 0 Å². The third-order valence-electron chi connectivity index (χ3n) is 3.49. The number of carbonyl (C=O) groups is 1. The molecule has 1 unspecified atom stereocenters. The van der Waals surface area contributed by atoms with Crippen LogP contribution in [0.2, 0.25) is 0 Å². The van der Waals surface area contributed by atoms with E-state index in [1.54, 1.807) is 0 Å². The fourth-order valence-electron chi connectivity index (χ4n) is 2.12. The van der Waals surface area contributed by atoms with Gasteiger partial charge in [0.2, 0.25) is 5.91 Å². The second kappa shape index (κ2) is 4.47. The summed E-state index contributed by atoms with van der Waals surface area (Å²) in [6.07, 6.45) is 4.69. The van der Waals surface area contributed by atoms with Crippen LogP contribution in [0.15, 0.2) is 0 Å². The Balaban J connectivity index is 2.06. The lowest BCUT2D eigenvalue weighted by Crippen LogP contribution is -2.60. The predicted molar refractivity (Wildman–Crippen MR) is 73.0 cm³/mol. The van der Waals surface area contributed by atoms with Gasteiger partial charge in [-0.3, -0.25) is 10.1 Å². The topological polar surface area (TPSA) is 55.1 Å². The Morgan fingerprint density at radius 2 is 1.88 bits per heavy atom. The third-order valence-corrected chi connectivity index (χ3v) is 4.95. The lowest BCUT2D eigenvalue weighted by atomic mass is 9.94. The minimum atomic E-state index is -0.445. The Labute approximate surface area is 108 Å². The Hall–Kier alpha value is -0.220. The summed E-state index contributed by atoms with van der Waals surface area (Å²) in [5.41, 5.74) is 5.26. The Kier molecular flexibility index (Phi) is 3.47. The van der Waals surface area contributed by atoms with Crippen LogP contribution in [0.4, 0.5) is 0 Å². The summed E-state index contributed by atoms with van der Waals surface area (Å²) < 4.78 is 0.181.